The fraction of sp³-hybridized carbons (Fsp3) is 0.222. The first kappa shape index (κ1) is 16.9. The summed E-state index contributed by atoms with van der Waals surface area (Å²) in [5.41, 5.74) is 2.15. The van der Waals surface area contributed by atoms with Crippen LogP contribution in [0.2, 0.25) is 0 Å². The Hall–Kier alpha value is -2.58. The standard InChI is InChI=1S/C18H17N5OS2/c1-10(2)23-16-12(8-20-23)6-13(7-19-16)17(24)22-18-21-14(9-25-18)15-5-4-11(3)26-15/h4-10H,1-3H3,(H,21,22,24). The van der Waals surface area contributed by atoms with Crippen molar-refractivity contribution in [2.75, 3.05) is 5.32 Å². The third-order valence-electron chi connectivity index (χ3n) is 3.90. The Balaban J connectivity index is 1.55. The van der Waals surface area contributed by atoms with Crippen molar-refractivity contribution in [3.05, 3.63) is 46.4 Å². The first-order chi connectivity index (χ1) is 12.5. The lowest BCUT2D eigenvalue weighted by Gasteiger charge is -2.06. The number of rotatable bonds is 4. The Labute approximate surface area is 158 Å². The van der Waals surface area contributed by atoms with Gasteiger partial charge in [0.05, 0.1) is 22.3 Å². The minimum absolute atomic E-state index is 0.217. The van der Waals surface area contributed by atoms with E-state index >= 15 is 0 Å². The maximum Gasteiger partial charge on any atom is 0.259 e. The third kappa shape index (κ3) is 3.13. The maximum atomic E-state index is 12.5. The second-order valence-corrected chi connectivity index (χ2v) is 8.37. The number of nitrogens with zero attached hydrogens (tertiary/aromatic N) is 4. The van der Waals surface area contributed by atoms with Crippen LogP contribution >= 0.6 is 22.7 Å². The van der Waals surface area contributed by atoms with Crippen molar-refractivity contribution in [2.24, 2.45) is 0 Å². The Bertz CT molecular complexity index is 1090. The molecule has 4 heterocycles. The highest BCUT2D eigenvalue weighted by molar-refractivity contribution is 7.17. The van der Waals surface area contributed by atoms with Gasteiger partial charge in [-0.2, -0.15) is 5.10 Å². The molecule has 0 spiro atoms. The van der Waals surface area contributed by atoms with Crippen LogP contribution in [-0.4, -0.2) is 25.7 Å². The summed E-state index contributed by atoms with van der Waals surface area (Å²) >= 11 is 3.10. The van der Waals surface area contributed by atoms with Crippen molar-refractivity contribution < 1.29 is 4.79 Å². The number of aryl methyl sites for hydroxylation is 1. The van der Waals surface area contributed by atoms with Crippen LogP contribution in [-0.2, 0) is 0 Å². The number of aromatic nitrogens is 4. The molecule has 0 unspecified atom stereocenters. The van der Waals surface area contributed by atoms with Crippen molar-refractivity contribution in [1.29, 1.82) is 0 Å². The van der Waals surface area contributed by atoms with E-state index in [4.69, 9.17) is 0 Å². The summed E-state index contributed by atoms with van der Waals surface area (Å²) < 4.78 is 1.84. The number of carbonyl (C=O) groups is 1. The van der Waals surface area contributed by atoms with E-state index < -0.39 is 0 Å². The number of hydrogen-bond acceptors (Lipinski definition) is 6. The lowest BCUT2D eigenvalue weighted by Crippen LogP contribution is -2.12. The maximum absolute atomic E-state index is 12.5. The highest BCUT2D eigenvalue weighted by atomic mass is 32.1. The first-order valence-corrected chi connectivity index (χ1v) is 9.88. The molecule has 4 rings (SSSR count). The van der Waals surface area contributed by atoms with Crippen LogP contribution in [0.3, 0.4) is 0 Å². The molecule has 0 bridgehead atoms. The van der Waals surface area contributed by atoms with Crippen molar-refractivity contribution in [3.8, 4) is 10.6 Å². The minimum Gasteiger partial charge on any atom is -0.298 e. The van der Waals surface area contributed by atoms with Gasteiger partial charge in [0.1, 0.15) is 0 Å². The zero-order chi connectivity index (χ0) is 18.3. The Kier molecular flexibility index (Phi) is 4.29. The van der Waals surface area contributed by atoms with E-state index in [0.29, 0.717) is 10.7 Å². The molecule has 0 saturated carbocycles. The predicted octanol–water partition coefficient (Wildman–Crippen LogP) is 4.76. The van der Waals surface area contributed by atoms with E-state index in [1.54, 1.807) is 29.8 Å². The van der Waals surface area contributed by atoms with E-state index in [0.717, 1.165) is 21.6 Å². The van der Waals surface area contributed by atoms with Gasteiger partial charge in [-0.05, 0) is 39.0 Å². The first-order valence-electron chi connectivity index (χ1n) is 8.18. The van der Waals surface area contributed by atoms with E-state index in [1.807, 2.05) is 30.0 Å². The molecule has 1 N–H and O–H groups in total. The highest BCUT2D eigenvalue weighted by Gasteiger charge is 2.14. The third-order valence-corrected chi connectivity index (χ3v) is 5.68. The lowest BCUT2D eigenvalue weighted by molar-refractivity contribution is 0.102. The number of anilines is 1. The van der Waals surface area contributed by atoms with Crippen molar-refractivity contribution in [2.45, 2.75) is 26.8 Å². The van der Waals surface area contributed by atoms with Gasteiger partial charge >= 0.3 is 0 Å². The van der Waals surface area contributed by atoms with E-state index in [-0.39, 0.29) is 11.9 Å². The van der Waals surface area contributed by atoms with Gasteiger partial charge in [-0.3, -0.25) is 10.1 Å². The molecule has 0 fully saturated rings. The fourth-order valence-electron chi connectivity index (χ4n) is 2.63. The molecule has 4 aromatic heterocycles. The summed E-state index contributed by atoms with van der Waals surface area (Å²) in [6.45, 7) is 6.15. The number of amides is 1. The van der Waals surface area contributed by atoms with Gasteiger partial charge in [0.2, 0.25) is 0 Å². The van der Waals surface area contributed by atoms with Crippen LogP contribution in [0.15, 0.2) is 36.0 Å². The molecule has 0 aliphatic carbocycles. The summed E-state index contributed by atoms with van der Waals surface area (Å²) in [6, 6.07) is 6.13. The van der Waals surface area contributed by atoms with Gasteiger partial charge in [0, 0.05) is 27.9 Å². The van der Waals surface area contributed by atoms with Gasteiger partial charge in [0.15, 0.2) is 10.8 Å². The molecule has 0 atom stereocenters. The largest absolute Gasteiger partial charge is 0.298 e. The molecule has 26 heavy (non-hydrogen) atoms. The molecule has 1 amide bonds. The molecule has 0 aromatic carbocycles. The SMILES string of the molecule is Cc1ccc(-c2csc(NC(=O)c3cnc4c(cnn4C(C)C)c3)n2)s1. The Morgan fingerprint density at radius 2 is 2.12 bits per heavy atom. The Morgan fingerprint density at radius 1 is 1.27 bits per heavy atom. The fourth-order valence-corrected chi connectivity index (χ4v) is 4.24. The molecular weight excluding hydrogens is 366 g/mol. The van der Waals surface area contributed by atoms with Crippen LogP contribution < -0.4 is 5.32 Å². The average molecular weight is 384 g/mol. The van der Waals surface area contributed by atoms with Gasteiger partial charge in [-0.1, -0.05) is 0 Å². The van der Waals surface area contributed by atoms with E-state index in [9.17, 15) is 4.79 Å². The van der Waals surface area contributed by atoms with Crippen molar-refractivity contribution in [3.63, 3.8) is 0 Å². The van der Waals surface area contributed by atoms with Crippen LogP contribution in [0.25, 0.3) is 21.6 Å². The molecule has 0 saturated heterocycles. The minimum atomic E-state index is -0.222. The number of fused-ring (bicyclic) bond motifs is 1. The number of hydrogen-bond donors (Lipinski definition) is 1. The van der Waals surface area contributed by atoms with Gasteiger partial charge in [-0.25, -0.2) is 14.6 Å². The van der Waals surface area contributed by atoms with Crippen LogP contribution in [0.1, 0.15) is 35.1 Å². The Morgan fingerprint density at radius 3 is 2.85 bits per heavy atom. The van der Waals surface area contributed by atoms with Crippen molar-refractivity contribution >= 4 is 44.7 Å². The summed E-state index contributed by atoms with van der Waals surface area (Å²) in [7, 11) is 0. The van der Waals surface area contributed by atoms with Gasteiger partial charge < -0.3 is 0 Å². The molecule has 132 valence electrons. The molecule has 0 aliphatic heterocycles. The molecule has 0 aliphatic rings. The van der Waals surface area contributed by atoms with Crippen LogP contribution in [0.4, 0.5) is 5.13 Å². The monoisotopic (exact) mass is 383 g/mol. The number of thiazole rings is 1. The second kappa shape index (κ2) is 6.62. The smallest absolute Gasteiger partial charge is 0.259 e. The molecule has 0 radical (unpaired) electrons. The molecular formula is C18H17N5OS2. The predicted molar refractivity (Wildman–Crippen MR) is 106 cm³/mol. The van der Waals surface area contributed by atoms with Crippen molar-refractivity contribution in [1.82, 2.24) is 19.7 Å². The highest BCUT2D eigenvalue weighted by Crippen LogP contribution is 2.30. The molecule has 8 heteroatoms. The lowest BCUT2D eigenvalue weighted by atomic mass is 10.2. The average Bonchev–Trinajstić information content (AvgIpc) is 3.32. The second-order valence-electron chi connectivity index (χ2n) is 6.22. The number of carbonyl (C=O) groups excluding carboxylic acids is 1. The van der Waals surface area contributed by atoms with Gasteiger partial charge in [0.25, 0.3) is 5.91 Å². The quantitative estimate of drug-likeness (QED) is 0.551. The summed E-state index contributed by atoms with van der Waals surface area (Å²) in [4.78, 5) is 23.8. The number of nitrogens with one attached hydrogen (secondary N) is 1. The summed E-state index contributed by atoms with van der Waals surface area (Å²) in [6.07, 6.45) is 3.31. The number of thiophene rings is 1. The zero-order valence-corrected chi connectivity index (χ0v) is 16.2. The normalized spacial score (nSPS) is 11.4. The van der Waals surface area contributed by atoms with E-state index in [1.165, 1.54) is 16.2 Å². The van der Waals surface area contributed by atoms with Crippen LogP contribution in [0, 0.1) is 6.92 Å². The van der Waals surface area contributed by atoms with E-state index in [2.05, 4.69) is 33.4 Å². The molecule has 4 aromatic rings. The summed E-state index contributed by atoms with van der Waals surface area (Å²) in [5, 5.41) is 10.6. The topological polar surface area (TPSA) is 72.7 Å². The number of pyridine rings is 1. The van der Waals surface area contributed by atoms with Crippen LogP contribution in [0.5, 0.6) is 0 Å². The van der Waals surface area contributed by atoms with Gasteiger partial charge in [-0.15, -0.1) is 22.7 Å². The summed E-state index contributed by atoms with van der Waals surface area (Å²) in [5.74, 6) is -0.222. The molecule has 6 nitrogen and oxygen atoms in total. The zero-order valence-electron chi connectivity index (χ0n) is 14.6.